The number of benzene rings is 1. The normalized spacial score (nSPS) is 11.2. The topological polar surface area (TPSA) is 49.8 Å². The lowest BCUT2D eigenvalue weighted by Crippen LogP contribution is -2.27. The maximum Gasteiger partial charge on any atom is 0.225 e. The van der Waals surface area contributed by atoms with Crippen molar-refractivity contribution in [1.29, 1.82) is 0 Å². The van der Waals surface area contributed by atoms with Gasteiger partial charge in [0.05, 0.1) is 0 Å². The summed E-state index contributed by atoms with van der Waals surface area (Å²) in [6.07, 6.45) is 0.978. The highest BCUT2D eigenvalue weighted by Crippen LogP contribution is 2.14. The number of aryl methyl sites for hydroxylation is 1. The van der Waals surface area contributed by atoms with E-state index in [-0.39, 0.29) is 5.54 Å². The minimum absolute atomic E-state index is 0.0465. The molecule has 0 fully saturated rings. The molecule has 21 heavy (non-hydrogen) atoms. The summed E-state index contributed by atoms with van der Waals surface area (Å²) in [6.45, 7) is 9.14. The van der Waals surface area contributed by atoms with Gasteiger partial charge in [-0.3, -0.25) is 0 Å². The summed E-state index contributed by atoms with van der Waals surface area (Å²) >= 11 is 0. The number of hydrogen-bond acceptors (Lipinski definition) is 4. The quantitative estimate of drug-likeness (QED) is 0.880. The molecule has 1 aromatic heterocycles. The fraction of sp³-hybridized carbons (Fsp3) is 0.412. The molecule has 0 atom stereocenters. The van der Waals surface area contributed by atoms with Crippen LogP contribution in [-0.2, 0) is 6.42 Å². The van der Waals surface area contributed by atoms with Crippen molar-refractivity contribution in [2.24, 2.45) is 0 Å². The second kappa shape index (κ2) is 6.57. The molecular weight excluding hydrogens is 260 g/mol. The van der Waals surface area contributed by atoms with Crippen LogP contribution in [0.1, 0.15) is 32.0 Å². The summed E-state index contributed by atoms with van der Waals surface area (Å²) in [5.74, 6) is 1.54. The summed E-state index contributed by atoms with van der Waals surface area (Å²) < 4.78 is 0. The van der Waals surface area contributed by atoms with E-state index in [0.717, 1.165) is 24.5 Å². The van der Waals surface area contributed by atoms with Crippen molar-refractivity contribution in [3.8, 4) is 0 Å². The molecule has 4 heteroatoms. The van der Waals surface area contributed by atoms with E-state index in [1.807, 2.05) is 19.1 Å². The number of rotatable bonds is 5. The predicted molar refractivity (Wildman–Crippen MR) is 88.8 cm³/mol. The Hall–Kier alpha value is -2.10. The Balaban J connectivity index is 1.97. The lowest BCUT2D eigenvalue weighted by molar-refractivity contribution is 0.625. The van der Waals surface area contributed by atoms with E-state index in [2.05, 4.69) is 65.6 Å². The first-order valence-corrected chi connectivity index (χ1v) is 7.34. The van der Waals surface area contributed by atoms with Crippen LogP contribution in [0.5, 0.6) is 0 Å². The first-order chi connectivity index (χ1) is 9.92. The first-order valence-electron chi connectivity index (χ1n) is 7.34. The molecule has 0 unspecified atom stereocenters. The Bertz CT molecular complexity index is 573. The van der Waals surface area contributed by atoms with Crippen LogP contribution < -0.4 is 10.6 Å². The van der Waals surface area contributed by atoms with Crippen molar-refractivity contribution in [3.05, 3.63) is 47.7 Å². The molecule has 112 valence electrons. The fourth-order valence-electron chi connectivity index (χ4n) is 2.03. The van der Waals surface area contributed by atoms with Crippen LogP contribution in [0.4, 0.5) is 11.8 Å². The van der Waals surface area contributed by atoms with Gasteiger partial charge in [-0.25, -0.2) is 4.98 Å². The van der Waals surface area contributed by atoms with Crippen molar-refractivity contribution in [1.82, 2.24) is 9.97 Å². The molecule has 0 aliphatic heterocycles. The van der Waals surface area contributed by atoms with E-state index in [0.29, 0.717) is 5.95 Å². The zero-order chi connectivity index (χ0) is 15.3. The van der Waals surface area contributed by atoms with Crippen LogP contribution in [0.25, 0.3) is 0 Å². The van der Waals surface area contributed by atoms with Crippen molar-refractivity contribution < 1.29 is 0 Å². The largest absolute Gasteiger partial charge is 0.370 e. The summed E-state index contributed by atoms with van der Waals surface area (Å²) in [5.41, 5.74) is 2.23. The SMILES string of the molecule is Cc1cc(NCCc2ccccc2)nc(NC(C)(C)C)n1. The Morgan fingerprint density at radius 2 is 1.76 bits per heavy atom. The Morgan fingerprint density at radius 1 is 1.05 bits per heavy atom. The number of hydrogen-bond donors (Lipinski definition) is 2. The standard InChI is InChI=1S/C17H24N4/c1-13-12-15(20-16(19-13)21-17(2,3)4)18-11-10-14-8-6-5-7-9-14/h5-9,12H,10-11H2,1-4H3,(H2,18,19,20,21). The Morgan fingerprint density at radius 3 is 2.43 bits per heavy atom. The molecule has 0 aliphatic carbocycles. The molecular formula is C17H24N4. The number of nitrogens with one attached hydrogen (secondary N) is 2. The summed E-state index contributed by atoms with van der Waals surface area (Å²) in [6, 6.07) is 12.4. The molecule has 0 saturated carbocycles. The Kier molecular flexibility index (Phi) is 4.78. The number of aromatic nitrogens is 2. The third kappa shape index (κ3) is 5.42. The maximum atomic E-state index is 4.52. The molecule has 0 aliphatic rings. The number of nitrogens with zero attached hydrogens (tertiary/aromatic N) is 2. The molecule has 0 spiro atoms. The van der Waals surface area contributed by atoms with E-state index in [1.165, 1.54) is 5.56 Å². The predicted octanol–water partition coefficient (Wildman–Crippen LogP) is 3.65. The molecule has 2 aromatic rings. The zero-order valence-electron chi connectivity index (χ0n) is 13.3. The molecule has 2 rings (SSSR count). The highest BCUT2D eigenvalue weighted by Gasteiger charge is 2.12. The van der Waals surface area contributed by atoms with Gasteiger partial charge >= 0.3 is 0 Å². The minimum Gasteiger partial charge on any atom is -0.370 e. The van der Waals surface area contributed by atoms with Gasteiger partial charge in [-0.1, -0.05) is 30.3 Å². The third-order valence-corrected chi connectivity index (χ3v) is 2.90. The molecule has 4 nitrogen and oxygen atoms in total. The van der Waals surface area contributed by atoms with Gasteiger partial charge in [0.25, 0.3) is 0 Å². The average molecular weight is 284 g/mol. The van der Waals surface area contributed by atoms with E-state index in [9.17, 15) is 0 Å². The molecule has 1 heterocycles. The van der Waals surface area contributed by atoms with Gasteiger partial charge in [-0.15, -0.1) is 0 Å². The maximum absolute atomic E-state index is 4.52. The van der Waals surface area contributed by atoms with Crippen LogP contribution in [-0.4, -0.2) is 22.1 Å². The van der Waals surface area contributed by atoms with Gasteiger partial charge in [-0.05, 0) is 39.7 Å². The zero-order valence-corrected chi connectivity index (χ0v) is 13.3. The van der Waals surface area contributed by atoms with Gasteiger partial charge < -0.3 is 10.6 Å². The molecule has 0 bridgehead atoms. The van der Waals surface area contributed by atoms with E-state index in [4.69, 9.17) is 0 Å². The molecule has 1 aromatic carbocycles. The van der Waals surface area contributed by atoms with E-state index < -0.39 is 0 Å². The lowest BCUT2D eigenvalue weighted by Gasteiger charge is -2.21. The van der Waals surface area contributed by atoms with Crippen molar-refractivity contribution in [2.75, 3.05) is 17.2 Å². The highest BCUT2D eigenvalue weighted by molar-refractivity contribution is 5.43. The second-order valence-electron chi connectivity index (χ2n) is 6.26. The molecule has 0 radical (unpaired) electrons. The van der Waals surface area contributed by atoms with Crippen LogP contribution >= 0.6 is 0 Å². The van der Waals surface area contributed by atoms with E-state index >= 15 is 0 Å². The monoisotopic (exact) mass is 284 g/mol. The summed E-state index contributed by atoms with van der Waals surface area (Å²) in [7, 11) is 0. The van der Waals surface area contributed by atoms with Gasteiger partial charge in [0, 0.05) is 23.8 Å². The van der Waals surface area contributed by atoms with Crippen LogP contribution in [0.3, 0.4) is 0 Å². The smallest absolute Gasteiger partial charge is 0.225 e. The second-order valence-corrected chi connectivity index (χ2v) is 6.26. The van der Waals surface area contributed by atoms with Crippen LogP contribution in [0, 0.1) is 6.92 Å². The summed E-state index contributed by atoms with van der Waals surface area (Å²) in [5, 5.41) is 6.68. The molecule has 0 saturated heterocycles. The molecule has 2 N–H and O–H groups in total. The van der Waals surface area contributed by atoms with Gasteiger partial charge in [0.2, 0.25) is 5.95 Å². The summed E-state index contributed by atoms with van der Waals surface area (Å²) in [4.78, 5) is 8.94. The third-order valence-electron chi connectivity index (χ3n) is 2.90. The van der Waals surface area contributed by atoms with E-state index in [1.54, 1.807) is 0 Å². The fourth-order valence-corrected chi connectivity index (χ4v) is 2.03. The van der Waals surface area contributed by atoms with Crippen LogP contribution in [0.15, 0.2) is 36.4 Å². The van der Waals surface area contributed by atoms with Crippen molar-refractivity contribution in [2.45, 2.75) is 39.7 Å². The first kappa shape index (κ1) is 15.3. The van der Waals surface area contributed by atoms with Crippen molar-refractivity contribution >= 4 is 11.8 Å². The minimum atomic E-state index is -0.0465. The van der Waals surface area contributed by atoms with Gasteiger partial charge in [0.1, 0.15) is 5.82 Å². The van der Waals surface area contributed by atoms with Crippen molar-refractivity contribution in [3.63, 3.8) is 0 Å². The Labute approximate surface area is 127 Å². The number of anilines is 2. The van der Waals surface area contributed by atoms with Gasteiger partial charge in [-0.2, -0.15) is 4.98 Å². The average Bonchev–Trinajstić information content (AvgIpc) is 2.37. The van der Waals surface area contributed by atoms with Gasteiger partial charge in [0.15, 0.2) is 0 Å². The molecule has 0 amide bonds. The highest BCUT2D eigenvalue weighted by atomic mass is 15.2. The van der Waals surface area contributed by atoms with Crippen LogP contribution in [0.2, 0.25) is 0 Å². The lowest BCUT2D eigenvalue weighted by atomic mass is 10.1.